The largest absolute Gasteiger partial charge is 0.419 e. The lowest BCUT2D eigenvalue weighted by Crippen LogP contribution is -2.07. The Morgan fingerprint density at radius 3 is 2.32 bits per heavy atom. The molecule has 0 aliphatic carbocycles. The van der Waals surface area contributed by atoms with Crippen LogP contribution >= 0.6 is 23.4 Å². The Labute approximate surface area is 163 Å². The van der Waals surface area contributed by atoms with E-state index >= 15 is 0 Å². The molecular formula is C16H11ClF6N4S. The minimum Gasteiger partial charge on any atom is -0.310 e. The highest BCUT2D eigenvalue weighted by atomic mass is 35.5. The highest BCUT2D eigenvalue weighted by molar-refractivity contribution is 7.99. The predicted molar refractivity (Wildman–Crippen MR) is 93.2 cm³/mol. The zero-order valence-corrected chi connectivity index (χ0v) is 15.9. The van der Waals surface area contributed by atoms with Gasteiger partial charge in [0.1, 0.15) is 16.4 Å². The van der Waals surface area contributed by atoms with Crippen molar-refractivity contribution in [2.45, 2.75) is 24.2 Å². The lowest BCUT2D eigenvalue weighted by atomic mass is 10.2. The van der Waals surface area contributed by atoms with Crippen LogP contribution in [-0.4, -0.2) is 25.3 Å². The zero-order chi connectivity index (χ0) is 20.9. The second-order valence-electron chi connectivity index (χ2n) is 5.66. The maximum Gasteiger partial charge on any atom is 0.419 e. The van der Waals surface area contributed by atoms with Gasteiger partial charge in [0, 0.05) is 18.1 Å². The van der Waals surface area contributed by atoms with Gasteiger partial charge in [-0.25, -0.2) is 9.97 Å². The minimum atomic E-state index is -4.72. The third-order valence-corrected chi connectivity index (χ3v) is 4.99. The van der Waals surface area contributed by atoms with Gasteiger partial charge in [0.25, 0.3) is 0 Å². The Kier molecular flexibility index (Phi) is 5.26. The summed E-state index contributed by atoms with van der Waals surface area (Å²) in [4.78, 5) is 12.0. The number of pyridine rings is 2. The zero-order valence-electron chi connectivity index (χ0n) is 14.3. The van der Waals surface area contributed by atoms with Crippen LogP contribution < -0.4 is 0 Å². The van der Waals surface area contributed by atoms with Gasteiger partial charge in [0.05, 0.1) is 11.1 Å². The first-order valence-corrected chi connectivity index (χ1v) is 9.10. The Morgan fingerprint density at radius 1 is 1.07 bits per heavy atom. The number of nitrogens with zero attached hydrogens (tertiary/aromatic N) is 4. The number of alkyl halides is 6. The molecule has 3 aromatic heterocycles. The van der Waals surface area contributed by atoms with Crippen LogP contribution in [0.15, 0.2) is 23.2 Å². The fourth-order valence-corrected chi connectivity index (χ4v) is 3.58. The van der Waals surface area contributed by atoms with Crippen LogP contribution in [0.1, 0.15) is 18.1 Å². The summed E-state index contributed by atoms with van der Waals surface area (Å²) in [5.41, 5.74) is -1.99. The average Bonchev–Trinajstić information content (AvgIpc) is 2.89. The summed E-state index contributed by atoms with van der Waals surface area (Å²) in [5.74, 6) is 0.546. The average molecular weight is 441 g/mol. The van der Waals surface area contributed by atoms with E-state index in [1.165, 1.54) is 11.6 Å². The molecule has 150 valence electrons. The van der Waals surface area contributed by atoms with E-state index in [4.69, 9.17) is 11.6 Å². The number of rotatable bonds is 3. The lowest BCUT2D eigenvalue weighted by molar-refractivity contribution is -0.138. The SMILES string of the molecule is CCSc1cc(C(F)(F)F)cnc1-c1nc2cc(C(F)(F)F)c(Cl)nc2n1C. The maximum atomic E-state index is 13.0. The van der Waals surface area contributed by atoms with Crippen molar-refractivity contribution in [3.8, 4) is 11.5 Å². The summed E-state index contributed by atoms with van der Waals surface area (Å²) in [7, 11) is 1.47. The molecule has 0 N–H and O–H groups in total. The molecular weight excluding hydrogens is 430 g/mol. The maximum absolute atomic E-state index is 13.0. The van der Waals surface area contributed by atoms with Gasteiger partial charge in [0.2, 0.25) is 0 Å². The number of aromatic nitrogens is 4. The third kappa shape index (κ3) is 3.77. The Balaban J connectivity index is 2.22. The van der Waals surface area contributed by atoms with Gasteiger partial charge in [-0.05, 0) is 17.9 Å². The molecule has 0 radical (unpaired) electrons. The number of aryl methyl sites for hydroxylation is 1. The summed E-state index contributed by atoms with van der Waals surface area (Å²) in [6, 6.07) is 1.70. The molecule has 0 fully saturated rings. The number of hydrogen-bond donors (Lipinski definition) is 0. The van der Waals surface area contributed by atoms with Crippen LogP contribution in [0.25, 0.3) is 22.7 Å². The fraction of sp³-hybridized carbons (Fsp3) is 0.312. The molecule has 3 aromatic rings. The minimum absolute atomic E-state index is 0.0575. The molecule has 4 nitrogen and oxygen atoms in total. The van der Waals surface area contributed by atoms with Gasteiger partial charge in [0.15, 0.2) is 11.5 Å². The second-order valence-corrected chi connectivity index (χ2v) is 7.33. The molecule has 0 saturated carbocycles. The summed E-state index contributed by atoms with van der Waals surface area (Å²) in [6.45, 7) is 1.75. The summed E-state index contributed by atoms with van der Waals surface area (Å²) >= 11 is 6.76. The van der Waals surface area contributed by atoms with E-state index in [1.807, 2.05) is 0 Å². The van der Waals surface area contributed by atoms with Gasteiger partial charge in [-0.2, -0.15) is 26.3 Å². The normalized spacial score (nSPS) is 12.8. The van der Waals surface area contributed by atoms with Crippen molar-refractivity contribution in [2.24, 2.45) is 7.05 Å². The van der Waals surface area contributed by atoms with Crippen molar-refractivity contribution in [1.29, 1.82) is 0 Å². The van der Waals surface area contributed by atoms with Crippen LogP contribution in [0.3, 0.4) is 0 Å². The van der Waals surface area contributed by atoms with Crippen molar-refractivity contribution < 1.29 is 26.3 Å². The molecule has 0 bridgehead atoms. The second kappa shape index (κ2) is 7.11. The summed E-state index contributed by atoms with van der Waals surface area (Å²) < 4.78 is 79.4. The molecule has 0 atom stereocenters. The Hall–Kier alpha value is -2.01. The monoisotopic (exact) mass is 440 g/mol. The quantitative estimate of drug-likeness (QED) is 0.292. The van der Waals surface area contributed by atoms with Crippen LogP contribution in [0.2, 0.25) is 5.15 Å². The van der Waals surface area contributed by atoms with Crippen molar-refractivity contribution >= 4 is 34.5 Å². The molecule has 3 heterocycles. The number of fused-ring (bicyclic) bond motifs is 1. The van der Waals surface area contributed by atoms with E-state index in [-0.39, 0.29) is 27.6 Å². The van der Waals surface area contributed by atoms with E-state index in [0.717, 1.165) is 23.9 Å². The number of halogens is 7. The smallest absolute Gasteiger partial charge is 0.310 e. The highest BCUT2D eigenvalue weighted by Gasteiger charge is 2.35. The standard InChI is InChI=1S/C16H11ClF6N4S/c1-3-28-10-4-7(15(18,19)20)6-24-11(10)14-25-9-5-8(16(21,22)23)12(17)26-13(9)27(14)2/h4-6H,3H2,1-2H3. The topological polar surface area (TPSA) is 43.6 Å². The first-order chi connectivity index (χ1) is 12.9. The molecule has 0 aromatic carbocycles. The lowest BCUT2D eigenvalue weighted by Gasteiger charge is -2.12. The van der Waals surface area contributed by atoms with Crippen molar-refractivity contribution in [3.63, 3.8) is 0 Å². The molecule has 0 unspecified atom stereocenters. The van der Waals surface area contributed by atoms with Crippen LogP contribution in [0, 0.1) is 0 Å². The van der Waals surface area contributed by atoms with E-state index < -0.39 is 28.6 Å². The number of hydrogen-bond acceptors (Lipinski definition) is 4. The molecule has 12 heteroatoms. The van der Waals surface area contributed by atoms with Crippen molar-refractivity contribution in [3.05, 3.63) is 34.6 Å². The van der Waals surface area contributed by atoms with Crippen LogP contribution in [-0.2, 0) is 19.4 Å². The van der Waals surface area contributed by atoms with E-state index in [9.17, 15) is 26.3 Å². The van der Waals surface area contributed by atoms with Crippen LogP contribution in [0.4, 0.5) is 26.3 Å². The molecule has 0 saturated heterocycles. The van der Waals surface area contributed by atoms with Gasteiger partial charge >= 0.3 is 12.4 Å². The number of imidazole rings is 1. The summed E-state index contributed by atoms with van der Waals surface area (Å²) in [6.07, 6.45) is -8.63. The summed E-state index contributed by atoms with van der Waals surface area (Å²) in [5, 5.41) is -0.738. The van der Waals surface area contributed by atoms with E-state index in [0.29, 0.717) is 11.9 Å². The molecule has 3 rings (SSSR count). The first-order valence-electron chi connectivity index (χ1n) is 7.74. The molecule has 0 aliphatic rings. The van der Waals surface area contributed by atoms with Crippen molar-refractivity contribution in [1.82, 2.24) is 19.5 Å². The molecule has 28 heavy (non-hydrogen) atoms. The van der Waals surface area contributed by atoms with Crippen LogP contribution in [0.5, 0.6) is 0 Å². The van der Waals surface area contributed by atoms with E-state index in [2.05, 4.69) is 15.0 Å². The van der Waals surface area contributed by atoms with Gasteiger partial charge in [-0.3, -0.25) is 4.98 Å². The van der Waals surface area contributed by atoms with Gasteiger partial charge in [-0.1, -0.05) is 18.5 Å². The van der Waals surface area contributed by atoms with E-state index in [1.54, 1.807) is 6.92 Å². The van der Waals surface area contributed by atoms with Gasteiger partial charge < -0.3 is 4.57 Å². The molecule has 0 spiro atoms. The molecule has 0 amide bonds. The van der Waals surface area contributed by atoms with Gasteiger partial charge in [-0.15, -0.1) is 11.8 Å². The predicted octanol–water partition coefficient (Wildman–Crippen LogP) is 5.83. The Morgan fingerprint density at radius 2 is 1.75 bits per heavy atom. The first kappa shape index (κ1) is 20.7. The molecule has 0 aliphatic heterocycles. The van der Waals surface area contributed by atoms with Crippen molar-refractivity contribution in [2.75, 3.05) is 5.75 Å². The number of thioether (sulfide) groups is 1. The fourth-order valence-electron chi connectivity index (χ4n) is 2.53. The Bertz CT molecular complexity index is 1040. The third-order valence-electron chi connectivity index (χ3n) is 3.80. The highest BCUT2D eigenvalue weighted by Crippen LogP contribution is 2.38.